The molecule has 6 heteroatoms. The van der Waals surface area contributed by atoms with Crippen molar-refractivity contribution in [2.45, 2.75) is 26.4 Å². The molecule has 0 saturated carbocycles. The van der Waals surface area contributed by atoms with Crippen LogP contribution in [0.5, 0.6) is 0 Å². The maximum absolute atomic E-state index is 12.7. The standard InChI is InChI=1S/C17H18F3NO2/c1-11(2)8-9-21-16(22)15-7-6-14(23-15)12-4-3-5-13(10-12)17(18,19)20/h3-7,10-11H,8-9H2,1-2H3,(H,21,22). The molecule has 3 nitrogen and oxygen atoms in total. The second kappa shape index (κ2) is 6.89. The number of alkyl halides is 3. The molecule has 0 radical (unpaired) electrons. The van der Waals surface area contributed by atoms with E-state index in [1.54, 1.807) is 0 Å². The van der Waals surface area contributed by atoms with Gasteiger partial charge in [0.05, 0.1) is 5.56 Å². The highest BCUT2D eigenvalue weighted by molar-refractivity contribution is 5.92. The number of halogens is 3. The topological polar surface area (TPSA) is 42.2 Å². The highest BCUT2D eigenvalue weighted by Crippen LogP contribution is 2.32. The van der Waals surface area contributed by atoms with Crippen molar-refractivity contribution >= 4 is 5.91 Å². The van der Waals surface area contributed by atoms with Crippen LogP contribution in [0, 0.1) is 5.92 Å². The zero-order valence-corrected chi connectivity index (χ0v) is 12.9. The molecule has 0 bridgehead atoms. The van der Waals surface area contributed by atoms with Gasteiger partial charge in [-0.1, -0.05) is 26.0 Å². The van der Waals surface area contributed by atoms with E-state index in [0.717, 1.165) is 18.6 Å². The lowest BCUT2D eigenvalue weighted by molar-refractivity contribution is -0.137. The third-order valence-electron chi connectivity index (χ3n) is 3.31. The van der Waals surface area contributed by atoms with E-state index in [0.29, 0.717) is 12.5 Å². The van der Waals surface area contributed by atoms with Crippen molar-refractivity contribution in [3.63, 3.8) is 0 Å². The van der Waals surface area contributed by atoms with Gasteiger partial charge in [-0.05, 0) is 36.6 Å². The van der Waals surface area contributed by atoms with E-state index in [1.165, 1.54) is 24.3 Å². The van der Waals surface area contributed by atoms with E-state index >= 15 is 0 Å². The second-order valence-corrected chi connectivity index (χ2v) is 5.68. The van der Waals surface area contributed by atoms with Gasteiger partial charge in [0.15, 0.2) is 5.76 Å². The predicted molar refractivity (Wildman–Crippen MR) is 80.9 cm³/mol. The summed E-state index contributed by atoms with van der Waals surface area (Å²) in [6.45, 7) is 4.62. The third-order valence-corrected chi connectivity index (χ3v) is 3.31. The van der Waals surface area contributed by atoms with Gasteiger partial charge in [0.2, 0.25) is 0 Å². The van der Waals surface area contributed by atoms with Gasteiger partial charge in [0.1, 0.15) is 5.76 Å². The summed E-state index contributed by atoms with van der Waals surface area (Å²) < 4.78 is 43.6. The summed E-state index contributed by atoms with van der Waals surface area (Å²) in [5.74, 6) is 0.405. The molecule has 1 aromatic heterocycles. The van der Waals surface area contributed by atoms with Crippen molar-refractivity contribution in [3.8, 4) is 11.3 Å². The average molecular weight is 325 g/mol. The number of carbonyl (C=O) groups is 1. The summed E-state index contributed by atoms with van der Waals surface area (Å²) in [5.41, 5.74) is -0.476. The fraction of sp³-hybridized carbons (Fsp3) is 0.353. The van der Waals surface area contributed by atoms with Crippen LogP contribution in [0.15, 0.2) is 40.8 Å². The summed E-state index contributed by atoms with van der Waals surface area (Å²) >= 11 is 0. The molecule has 2 rings (SSSR count). The van der Waals surface area contributed by atoms with Crippen LogP contribution in [0.4, 0.5) is 13.2 Å². The molecule has 0 aliphatic heterocycles. The summed E-state index contributed by atoms with van der Waals surface area (Å²) in [5, 5.41) is 2.72. The lowest BCUT2D eigenvalue weighted by Crippen LogP contribution is -2.24. The van der Waals surface area contributed by atoms with Crippen molar-refractivity contribution < 1.29 is 22.4 Å². The molecule has 0 atom stereocenters. The molecule has 1 N–H and O–H groups in total. The molecular weight excluding hydrogens is 307 g/mol. The minimum atomic E-state index is -4.42. The molecule has 1 aromatic carbocycles. The molecule has 1 heterocycles. The van der Waals surface area contributed by atoms with Crippen LogP contribution in [0.1, 0.15) is 36.4 Å². The van der Waals surface area contributed by atoms with Gasteiger partial charge >= 0.3 is 6.18 Å². The fourth-order valence-electron chi connectivity index (χ4n) is 2.03. The van der Waals surface area contributed by atoms with Gasteiger partial charge in [-0.15, -0.1) is 0 Å². The summed E-state index contributed by atoms with van der Waals surface area (Å²) in [4.78, 5) is 11.9. The zero-order valence-electron chi connectivity index (χ0n) is 12.9. The van der Waals surface area contributed by atoms with Gasteiger partial charge < -0.3 is 9.73 Å². The molecule has 0 aliphatic carbocycles. The van der Waals surface area contributed by atoms with Crippen molar-refractivity contribution in [2.24, 2.45) is 5.92 Å². The van der Waals surface area contributed by atoms with E-state index in [9.17, 15) is 18.0 Å². The predicted octanol–water partition coefficient (Wildman–Crippen LogP) is 4.74. The van der Waals surface area contributed by atoms with Gasteiger partial charge in [-0.25, -0.2) is 0 Å². The quantitative estimate of drug-likeness (QED) is 0.862. The third kappa shape index (κ3) is 4.61. The van der Waals surface area contributed by atoms with Gasteiger partial charge in [-0.2, -0.15) is 13.2 Å². The smallest absolute Gasteiger partial charge is 0.416 e. The van der Waals surface area contributed by atoms with Crippen molar-refractivity contribution in [2.75, 3.05) is 6.54 Å². The Morgan fingerprint density at radius 3 is 2.61 bits per heavy atom. The lowest BCUT2D eigenvalue weighted by atomic mass is 10.1. The van der Waals surface area contributed by atoms with Crippen LogP contribution < -0.4 is 5.32 Å². The molecule has 0 aliphatic rings. The van der Waals surface area contributed by atoms with E-state index in [4.69, 9.17) is 4.42 Å². The molecule has 0 spiro atoms. The van der Waals surface area contributed by atoms with Crippen molar-refractivity contribution in [1.29, 1.82) is 0 Å². The fourth-order valence-corrected chi connectivity index (χ4v) is 2.03. The first-order valence-corrected chi connectivity index (χ1v) is 7.33. The first kappa shape index (κ1) is 17.1. The molecule has 2 aromatic rings. The Morgan fingerprint density at radius 1 is 1.22 bits per heavy atom. The number of furan rings is 1. The van der Waals surface area contributed by atoms with Crippen molar-refractivity contribution in [1.82, 2.24) is 5.32 Å². The van der Waals surface area contributed by atoms with E-state index in [-0.39, 0.29) is 23.0 Å². The van der Waals surface area contributed by atoms with Crippen LogP contribution in [0.2, 0.25) is 0 Å². The molecule has 0 fully saturated rings. The van der Waals surface area contributed by atoms with E-state index in [2.05, 4.69) is 5.32 Å². The van der Waals surface area contributed by atoms with Crippen LogP contribution in [0.25, 0.3) is 11.3 Å². The lowest BCUT2D eigenvalue weighted by Gasteiger charge is -2.07. The largest absolute Gasteiger partial charge is 0.451 e. The van der Waals surface area contributed by atoms with Crippen LogP contribution >= 0.6 is 0 Å². The van der Waals surface area contributed by atoms with Gasteiger partial charge in [-0.3, -0.25) is 4.79 Å². The Labute approximate surface area is 132 Å². The maximum Gasteiger partial charge on any atom is 0.416 e. The molecule has 124 valence electrons. The Kier molecular flexibility index (Phi) is 5.13. The molecule has 1 amide bonds. The van der Waals surface area contributed by atoms with Crippen LogP contribution in [-0.4, -0.2) is 12.5 Å². The van der Waals surface area contributed by atoms with Gasteiger partial charge in [0.25, 0.3) is 5.91 Å². The Hall–Kier alpha value is -2.24. The number of nitrogens with one attached hydrogen (secondary N) is 1. The SMILES string of the molecule is CC(C)CCNC(=O)c1ccc(-c2cccc(C(F)(F)F)c2)o1. The zero-order chi connectivity index (χ0) is 17.0. The van der Waals surface area contributed by atoms with Crippen molar-refractivity contribution in [3.05, 3.63) is 47.7 Å². The number of carbonyl (C=O) groups excluding carboxylic acids is 1. The maximum atomic E-state index is 12.7. The Morgan fingerprint density at radius 2 is 1.96 bits per heavy atom. The average Bonchev–Trinajstić information content (AvgIpc) is 2.96. The number of hydrogen-bond donors (Lipinski definition) is 1. The normalized spacial score (nSPS) is 11.7. The summed E-state index contributed by atoms with van der Waals surface area (Å²) in [6, 6.07) is 7.76. The van der Waals surface area contributed by atoms with Crippen LogP contribution in [0.3, 0.4) is 0 Å². The Balaban J connectivity index is 2.12. The highest BCUT2D eigenvalue weighted by Gasteiger charge is 2.30. The summed E-state index contributed by atoms with van der Waals surface area (Å²) in [6.07, 6.45) is -3.58. The number of rotatable bonds is 5. The number of amides is 1. The first-order valence-electron chi connectivity index (χ1n) is 7.33. The molecule has 0 saturated heterocycles. The molecule has 23 heavy (non-hydrogen) atoms. The minimum Gasteiger partial charge on any atom is -0.451 e. The second-order valence-electron chi connectivity index (χ2n) is 5.68. The monoisotopic (exact) mass is 325 g/mol. The Bertz CT molecular complexity index is 674. The van der Waals surface area contributed by atoms with E-state index < -0.39 is 11.7 Å². The number of benzene rings is 1. The first-order chi connectivity index (χ1) is 10.8. The molecule has 0 unspecified atom stereocenters. The summed E-state index contributed by atoms with van der Waals surface area (Å²) in [7, 11) is 0. The minimum absolute atomic E-state index is 0.0844. The highest BCUT2D eigenvalue weighted by atomic mass is 19.4. The number of hydrogen-bond acceptors (Lipinski definition) is 2. The van der Waals surface area contributed by atoms with Crippen LogP contribution in [-0.2, 0) is 6.18 Å². The molecular formula is C17H18F3NO2. The van der Waals surface area contributed by atoms with E-state index in [1.807, 2.05) is 13.8 Å². The van der Waals surface area contributed by atoms with Gasteiger partial charge in [0, 0.05) is 12.1 Å².